The van der Waals surface area contributed by atoms with Crippen LogP contribution >= 0.6 is 0 Å². The first-order valence-corrected chi connectivity index (χ1v) is 5.66. The molecule has 0 bridgehead atoms. The minimum atomic E-state index is -4.57. The van der Waals surface area contributed by atoms with Crippen LogP contribution in [0.1, 0.15) is 20.8 Å². The van der Waals surface area contributed by atoms with Gasteiger partial charge < -0.3 is 10.6 Å². The van der Waals surface area contributed by atoms with Crippen molar-refractivity contribution < 1.29 is 18.0 Å². The van der Waals surface area contributed by atoms with E-state index in [4.69, 9.17) is 5.26 Å². The van der Waals surface area contributed by atoms with Crippen LogP contribution in [0.3, 0.4) is 0 Å². The maximum Gasteiger partial charge on any atom is 0.405 e. The van der Waals surface area contributed by atoms with Gasteiger partial charge >= 0.3 is 6.18 Å². The highest BCUT2D eigenvalue weighted by molar-refractivity contribution is 5.81. The highest BCUT2D eigenvalue weighted by Crippen LogP contribution is 2.24. The number of carbonyl (C=O) groups excluding carboxylic acids is 1. The van der Waals surface area contributed by atoms with Crippen LogP contribution in [0.2, 0.25) is 0 Å². The summed E-state index contributed by atoms with van der Waals surface area (Å²) in [5.74, 6) is -2.21. The summed E-state index contributed by atoms with van der Waals surface area (Å²) in [4.78, 5) is 11.5. The third-order valence-corrected chi connectivity index (χ3v) is 2.26. The van der Waals surface area contributed by atoms with Crippen molar-refractivity contribution in [1.29, 1.82) is 5.26 Å². The lowest BCUT2D eigenvalue weighted by atomic mass is 10.1. The van der Waals surface area contributed by atoms with Crippen molar-refractivity contribution in [3.05, 3.63) is 0 Å². The molecule has 104 valence electrons. The van der Waals surface area contributed by atoms with Gasteiger partial charge in [-0.05, 0) is 12.8 Å². The predicted octanol–water partition coefficient (Wildman–Crippen LogP) is 1.44. The van der Waals surface area contributed by atoms with E-state index in [0.29, 0.717) is 6.54 Å². The minimum absolute atomic E-state index is 0.267. The lowest BCUT2D eigenvalue weighted by Crippen LogP contribution is -2.46. The minimum Gasteiger partial charge on any atom is -0.354 e. The summed E-state index contributed by atoms with van der Waals surface area (Å²) in [6.07, 6.45) is -4.57. The summed E-state index contributed by atoms with van der Waals surface area (Å²) >= 11 is 0. The Bertz CT molecular complexity index is 310. The Morgan fingerprint density at radius 3 is 2.22 bits per heavy atom. The van der Waals surface area contributed by atoms with Crippen molar-refractivity contribution in [2.24, 2.45) is 11.8 Å². The molecule has 0 saturated heterocycles. The van der Waals surface area contributed by atoms with E-state index in [-0.39, 0.29) is 11.8 Å². The molecule has 0 aromatic heterocycles. The molecule has 2 unspecified atom stereocenters. The molecule has 0 aromatic carbocycles. The molecule has 0 aromatic rings. The van der Waals surface area contributed by atoms with E-state index in [2.05, 4.69) is 10.6 Å². The summed E-state index contributed by atoms with van der Waals surface area (Å²) in [5, 5.41) is 13.4. The molecule has 7 heteroatoms. The van der Waals surface area contributed by atoms with Crippen LogP contribution in [-0.4, -0.2) is 31.2 Å². The first kappa shape index (κ1) is 16.7. The highest BCUT2D eigenvalue weighted by Gasteiger charge is 2.39. The summed E-state index contributed by atoms with van der Waals surface area (Å²) in [7, 11) is 0. The second-order valence-corrected chi connectivity index (χ2v) is 4.49. The third kappa shape index (κ3) is 6.45. The van der Waals surface area contributed by atoms with Crippen LogP contribution in [0.4, 0.5) is 13.2 Å². The van der Waals surface area contributed by atoms with Crippen LogP contribution in [0.25, 0.3) is 0 Å². The number of carbonyl (C=O) groups is 1. The first-order valence-electron chi connectivity index (χ1n) is 5.66. The number of amides is 1. The van der Waals surface area contributed by atoms with Gasteiger partial charge in [0.05, 0.1) is 12.1 Å². The fourth-order valence-corrected chi connectivity index (χ4v) is 1.08. The molecule has 18 heavy (non-hydrogen) atoms. The number of hydrogen-bond donors (Lipinski definition) is 2. The molecule has 0 spiro atoms. The molecule has 0 heterocycles. The van der Waals surface area contributed by atoms with Crippen LogP contribution in [0, 0.1) is 23.2 Å². The van der Waals surface area contributed by atoms with Crippen molar-refractivity contribution in [1.82, 2.24) is 10.6 Å². The molecule has 0 radical (unpaired) electrons. The molecule has 0 saturated carbocycles. The van der Waals surface area contributed by atoms with Gasteiger partial charge in [0.1, 0.15) is 0 Å². The molecule has 0 aliphatic carbocycles. The van der Waals surface area contributed by atoms with Gasteiger partial charge in [0.2, 0.25) is 5.91 Å². The van der Waals surface area contributed by atoms with E-state index >= 15 is 0 Å². The quantitative estimate of drug-likeness (QED) is 0.763. The highest BCUT2D eigenvalue weighted by atomic mass is 19.4. The van der Waals surface area contributed by atoms with Crippen LogP contribution in [0.15, 0.2) is 0 Å². The summed E-state index contributed by atoms with van der Waals surface area (Å²) in [6.45, 7) is 5.16. The monoisotopic (exact) mass is 265 g/mol. The Balaban J connectivity index is 4.13. The zero-order valence-corrected chi connectivity index (χ0v) is 10.6. The number of nitriles is 1. The maximum absolute atomic E-state index is 12.3. The van der Waals surface area contributed by atoms with Gasteiger partial charge in [-0.15, -0.1) is 0 Å². The zero-order chi connectivity index (χ0) is 14.3. The molecular formula is C11H18F3N3O. The Labute approximate surface area is 105 Å². The third-order valence-electron chi connectivity index (χ3n) is 2.26. The number of nitrogens with zero attached hydrogens (tertiary/aromatic N) is 1. The molecule has 0 aliphatic heterocycles. The Hall–Kier alpha value is -1.29. The molecule has 1 amide bonds. The summed E-state index contributed by atoms with van der Waals surface area (Å²) < 4.78 is 36.8. The molecule has 4 nitrogen and oxygen atoms in total. The largest absolute Gasteiger partial charge is 0.405 e. The smallest absolute Gasteiger partial charge is 0.354 e. The lowest BCUT2D eigenvalue weighted by Gasteiger charge is -2.18. The lowest BCUT2D eigenvalue weighted by molar-refractivity contribution is -0.158. The summed E-state index contributed by atoms with van der Waals surface area (Å²) in [5.41, 5.74) is 0. The first-order chi connectivity index (χ1) is 8.18. The molecule has 0 aliphatic rings. The van der Waals surface area contributed by atoms with Gasteiger partial charge in [-0.3, -0.25) is 4.79 Å². The number of rotatable bonds is 6. The standard InChI is InChI=1S/C11H18F3N3O/c1-7(2)5-17-10(18)8(3)16-6-9(4-15)11(12,13)14/h7-9,16H,5-6H2,1-3H3,(H,17,18). The van der Waals surface area contributed by atoms with Gasteiger partial charge in [-0.1, -0.05) is 13.8 Å². The van der Waals surface area contributed by atoms with Gasteiger partial charge in [0.15, 0.2) is 5.92 Å². The molecular weight excluding hydrogens is 247 g/mol. The van der Waals surface area contributed by atoms with E-state index in [1.165, 1.54) is 13.0 Å². The van der Waals surface area contributed by atoms with Gasteiger partial charge in [-0.25, -0.2) is 0 Å². The van der Waals surface area contributed by atoms with E-state index in [1.54, 1.807) is 0 Å². The molecule has 2 N–H and O–H groups in total. The Kier molecular flexibility index (Phi) is 6.70. The fraction of sp³-hybridized carbons (Fsp3) is 0.818. The second kappa shape index (κ2) is 7.21. The average Bonchev–Trinajstić information content (AvgIpc) is 2.24. The second-order valence-electron chi connectivity index (χ2n) is 4.49. The molecule has 0 rings (SSSR count). The summed E-state index contributed by atoms with van der Waals surface area (Å²) in [6, 6.07) is 0.405. The molecule has 2 atom stereocenters. The van der Waals surface area contributed by atoms with Gasteiger partial charge in [0.25, 0.3) is 0 Å². The normalized spacial score (nSPS) is 15.0. The van der Waals surface area contributed by atoms with Gasteiger partial charge in [0, 0.05) is 13.1 Å². The van der Waals surface area contributed by atoms with E-state index in [0.717, 1.165) is 0 Å². The van der Waals surface area contributed by atoms with E-state index in [1.807, 2.05) is 13.8 Å². The van der Waals surface area contributed by atoms with Crippen molar-refractivity contribution >= 4 is 5.91 Å². The topological polar surface area (TPSA) is 64.9 Å². The van der Waals surface area contributed by atoms with Crippen molar-refractivity contribution in [3.8, 4) is 6.07 Å². The average molecular weight is 265 g/mol. The zero-order valence-electron chi connectivity index (χ0n) is 10.6. The fourth-order valence-electron chi connectivity index (χ4n) is 1.08. The predicted molar refractivity (Wildman–Crippen MR) is 60.5 cm³/mol. The van der Waals surface area contributed by atoms with Crippen molar-refractivity contribution in [2.45, 2.75) is 33.0 Å². The number of nitrogens with one attached hydrogen (secondary N) is 2. The Morgan fingerprint density at radius 2 is 1.83 bits per heavy atom. The maximum atomic E-state index is 12.3. The number of halogens is 3. The van der Waals surface area contributed by atoms with Crippen LogP contribution in [0.5, 0.6) is 0 Å². The SMILES string of the molecule is CC(C)CNC(=O)C(C)NCC(C#N)C(F)(F)F. The Morgan fingerprint density at radius 1 is 1.28 bits per heavy atom. The van der Waals surface area contributed by atoms with E-state index < -0.39 is 24.7 Å². The van der Waals surface area contributed by atoms with Crippen LogP contribution in [-0.2, 0) is 4.79 Å². The van der Waals surface area contributed by atoms with E-state index in [9.17, 15) is 18.0 Å². The molecule has 0 fully saturated rings. The number of hydrogen-bond acceptors (Lipinski definition) is 3. The van der Waals surface area contributed by atoms with Crippen LogP contribution < -0.4 is 10.6 Å². The van der Waals surface area contributed by atoms with Crippen molar-refractivity contribution in [3.63, 3.8) is 0 Å². The number of alkyl halides is 3. The van der Waals surface area contributed by atoms with Crippen molar-refractivity contribution in [2.75, 3.05) is 13.1 Å². The van der Waals surface area contributed by atoms with Gasteiger partial charge in [-0.2, -0.15) is 18.4 Å².